The molecule has 0 saturated heterocycles. The van der Waals surface area contributed by atoms with Crippen molar-refractivity contribution in [2.45, 2.75) is 6.92 Å². The molecule has 0 saturated carbocycles. The summed E-state index contributed by atoms with van der Waals surface area (Å²) >= 11 is 0. The summed E-state index contributed by atoms with van der Waals surface area (Å²) in [5.41, 5.74) is 2.63. The van der Waals surface area contributed by atoms with E-state index in [4.69, 9.17) is 4.42 Å². The first-order valence-corrected chi connectivity index (χ1v) is 4.80. The third kappa shape index (κ3) is 2.17. The number of aryl methyl sites for hydroxylation is 1. The van der Waals surface area contributed by atoms with Crippen molar-refractivity contribution in [3.8, 4) is 11.8 Å². The predicted molar refractivity (Wildman–Crippen MR) is 59.6 cm³/mol. The van der Waals surface area contributed by atoms with Crippen LogP contribution < -0.4 is 5.32 Å². The Bertz CT molecular complexity index is 531. The summed E-state index contributed by atoms with van der Waals surface area (Å²) in [5.74, 6) is 6.73. The van der Waals surface area contributed by atoms with Crippen molar-refractivity contribution in [1.82, 2.24) is 10.3 Å². The molecular weight excluding hydrogens is 188 g/mol. The number of hydrogen-bond acceptors (Lipinski definition) is 3. The molecule has 0 aliphatic carbocycles. The van der Waals surface area contributed by atoms with Crippen molar-refractivity contribution in [2.75, 3.05) is 13.6 Å². The lowest BCUT2D eigenvalue weighted by Crippen LogP contribution is -2.04. The molecule has 0 unspecified atom stereocenters. The quantitative estimate of drug-likeness (QED) is 0.712. The molecule has 1 N–H and O–H groups in total. The van der Waals surface area contributed by atoms with E-state index in [1.54, 1.807) is 0 Å². The lowest BCUT2D eigenvalue weighted by atomic mass is 10.2. The molecule has 2 rings (SSSR count). The van der Waals surface area contributed by atoms with Crippen molar-refractivity contribution in [3.63, 3.8) is 0 Å². The standard InChI is InChI=1S/C12H12N2O/c1-9-14-11-6-5-10(4-3-7-13-2)8-12(11)15-9/h5-6,8,13H,7H2,1-2H3. The van der Waals surface area contributed by atoms with Crippen molar-refractivity contribution in [3.05, 3.63) is 29.7 Å². The van der Waals surface area contributed by atoms with Gasteiger partial charge in [-0.3, -0.25) is 0 Å². The number of aromatic nitrogens is 1. The summed E-state index contributed by atoms with van der Waals surface area (Å²) < 4.78 is 5.42. The highest BCUT2D eigenvalue weighted by atomic mass is 16.3. The molecule has 76 valence electrons. The first-order chi connectivity index (χ1) is 7.29. The molecule has 0 amide bonds. The van der Waals surface area contributed by atoms with Crippen LogP contribution in [0.4, 0.5) is 0 Å². The maximum Gasteiger partial charge on any atom is 0.192 e. The Kier molecular flexibility index (Phi) is 2.70. The number of hydrogen-bond donors (Lipinski definition) is 1. The highest BCUT2D eigenvalue weighted by molar-refractivity contribution is 5.74. The smallest absolute Gasteiger partial charge is 0.192 e. The van der Waals surface area contributed by atoms with Crippen LogP contribution in [0, 0.1) is 18.8 Å². The second kappa shape index (κ2) is 4.16. The predicted octanol–water partition coefficient (Wildman–Crippen LogP) is 1.71. The molecule has 1 aromatic carbocycles. The number of nitrogens with zero attached hydrogens (tertiary/aromatic N) is 1. The minimum atomic E-state index is 0.685. The van der Waals surface area contributed by atoms with Crippen LogP contribution in [0.1, 0.15) is 11.5 Å². The number of oxazole rings is 1. The zero-order valence-corrected chi connectivity index (χ0v) is 8.79. The SMILES string of the molecule is CNCC#Cc1ccc2nc(C)oc2c1. The number of nitrogens with one attached hydrogen (secondary N) is 1. The topological polar surface area (TPSA) is 38.1 Å². The fraction of sp³-hybridized carbons (Fsp3) is 0.250. The van der Waals surface area contributed by atoms with Gasteiger partial charge in [-0.2, -0.15) is 0 Å². The molecule has 0 radical (unpaired) electrons. The van der Waals surface area contributed by atoms with Gasteiger partial charge in [-0.05, 0) is 25.2 Å². The van der Waals surface area contributed by atoms with Crippen molar-refractivity contribution in [1.29, 1.82) is 0 Å². The van der Waals surface area contributed by atoms with Gasteiger partial charge >= 0.3 is 0 Å². The van der Waals surface area contributed by atoms with Gasteiger partial charge in [-0.25, -0.2) is 4.98 Å². The average Bonchev–Trinajstić information content (AvgIpc) is 2.57. The fourth-order valence-electron chi connectivity index (χ4n) is 1.35. The summed E-state index contributed by atoms with van der Waals surface area (Å²) in [6.45, 7) is 2.53. The molecule has 0 spiro atoms. The van der Waals surface area contributed by atoms with Crippen LogP contribution in [0.2, 0.25) is 0 Å². The van der Waals surface area contributed by atoms with Gasteiger partial charge in [0.1, 0.15) is 5.52 Å². The van der Waals surface area contributed by atoms with Gasteiger partial charge in [-0.15, -0.1) is 0 Å². The zero-order valence-electron chi connectivity index (χ0n) is 8.79. The van der Waals surface area contributed by atoms with E-state index < -0.39 is 0 Å². The van der Waals surface area contributed by atoms with Crippen molar-refractivity contribution < 1.29 is 4.42 Å². The van der Waals surface area contributed by atoms with Gasteiger partial charge in [0.2, 0.25) is 0 Å². The van der Waals surface area contributed by atoms with Crippen LogP contribution in [-0.4, -0.2) is 18.6 Å². The van der Waals surface area contributed by atoms with Crippen molar-refractivity contribution >= 4 is 11.1 Å². The Morgan fingerprint density at radius 2 is 2.33 bits per heavy atom. The van der Waals surface area contributed by atoms with E-state index in [0.717, 1.165) is 16.7 Å². The van der Waals surface area contributed by atoms with Crippen LogP contribution in [0.25, 0.3) is 11.1 Å². The minimum absolute atomic E-state index is 0.685. The first kappa shape index (κ1) is 9.75. The minimum Gasteiger partial charge on any atom is -0.441 e. The van der Waals surface area contributed by atoms with Crippen molar-refractivity contribution in [2.24, 2.45) is 0 Å². The third-order valence-corrected chi connectivity index (χ3v) is 1.99. The Labute approximate surface area is 88.5 Å². The Balaban J connectivity index is 2.35. The molecule has 0 fully saturated rings. The van der Waals surface area contributed by atoms with Crippen LogP contribution in [0.3, 0.4) is 0 Å². The molecule has 0 atom stereocenters. The van der Waals surface area contributed by atoms with E-state index in [1.807, 2.05) is 32.2 Å². The van der Waals surface area contributed by atoms with Crippen LogP contribution in [-0.2, 0) is 0 Å². The van der Waals surface area contributed by atoms with Gasteiger partial charge < -0.3 is 9.73 Å². The number of benzene rings is 1. The Morgan fingerprint density at radius 3 is 3.13 bits per heavy atom. The van der Waals surface area contributed by atoms with E-state index in [2.05, 4.69) is 22.1 Å². The first-order valence-electron chi connectivity index (χ1n) is 4.80. The molecule has 1 heterocycles. The van der Waals surface area contributed by atoms with Crippen LogP contribution in [0.15, 0.2) is 22.6 Å². The maximum atomic E-state index is 5.42. The van der Waals surface area contributed by atoms with Crippen LogP contribution in [0.5, 0.6) is 0 Å². The molecule has 0 bridgehead atoms. The fourth-order valence-corrected chi connectivity index (χ4v) is 1.35. The lowest BCUT2D eigenvalue weighted by molar-refractivity contribution is 0.561. The van der Waals surface area contributed by atoms with Crippen LogP contribution >= 0.6 is 0 Å². The zero-order chi connectivity index (χ0) is 10.7. The molecule has 3 nitrogen and oxygen atoms in total. The van der Waals surface area contributed by atoms with Gasteiger partial charge in [0.05, 0.1) is 6.54 Å². The van der Waals surface area contributed by atoms with Gasteiger partial charge in [0, 0.05) is 12.5 Å². The van der Waals surface area contributed by atoms with E-state index in [0.29, 0.717) is 12.4 Å². The summed E-state index contributed by atoms with van der Waals surface area (Å²) in [5, 5.41) is 2.97. The highest BCUT2D eigenvalue weighted by Gasteiger charge is 2.01. The number of rotatable bonds is 1. The van der Waals surface area contributed by atoms with E-state index in [1.165, 1.54) is 0 Å². The molecular formula is C12H12N2O. The maximum absolute atomic E-state index is 5.42. The van der Waals surface area contributed by atoms with Gasteiger partial charge in [-0.1, -0.05) is 11.8 Å². The normalized spacial score (nSPS) is 10.0. The second-order valence-corrected chi connectivity index (χ2v) is 3.25. The largest absolute Gasteiger partial charge is 0.441 e. The molecule has 0 aliphatic heterocycles. The Hall–Kier alpha value is -1.79. The second-order valence-electron chi connectivity index (χ2n) is 3.25. The van der Waals surface area contributed by atoms with E-state index in [-0.39, 0.29) is 0 Å². The monoisotopic (exact) mass is 200 g/mol. The third-order valence-electron chi connectivity index (χ3n) is 1.99. The number of fused-ring (bicyclic) bond motifs is 1. The summed E-state index contributed by atoms with van der Waals surface area (Å²) in [7, 11) is 1.87. The van der Waals surface area contributed by atoms with Gasteiger partial charge in [0.15, 0.2) is 11.5 Å². The summed E-state index contributed by atoms with van der Waals surface area (Å²) in [6, 6.07) is 5.79. The molecule has 1 aromatic heterocycles. The highest BCUT2D eigenvalue weighted by Crippen LogP contribution is 2.16. The Morgan fingerprint density at radius 1 is 1.47 bits per heavy atom. The molecule has 3 heteroatoms. The lowest BCUT2D eigenvalue weighted by Gasteiger charge is -1.89. The average molecular weight is 200 g/mol. The molecule has 2 aromatic rings. The summed E-state index contributed by atoms with van der Waals surface area (Å²) in [6.07, 6.45) is 0. The van der Waals surface area contributed by atoms with E-state index in [9.17, 15) is 0 Å². The van der Waals surface area contributed by atoms with E-state index >= 15 is 0 Å². The molecule has 15 heavy (non-hydrogen) atoms. The molecule has 0 aliphatic rings. The van der Waals surface area contributed by atoms with Gasteiger partial charge in [0.25, 0.3) is 0 Å². The summed E-state index contributed by atoms with van der Waals surface area (Å²) in [4.78, 5) is 4.22.